The van der Waals surface area contributed by atoms with Crippen LogP contribution >= 0.6 is 0 Å². The van der Waals surface area contributed by atoms with Crippen molar-refractivity contribution in [1.29, 1.82) is 0 Å². The molecule has 2 aliphatic heterocycles. The van der Waals surface area contributed by atoms with Crippen molar-refractivity contribution in [2.24, 2.45) is 0 Å². The quantitative estimate of drug-likeness (QED) is 0.832. The van der Waals surface area contributed by atoms with Crippen molar-refractivity contribution in [2.75, 3.05) is 13.1 Å². The highest BCUT2D eigenvalue weighted by atomic mass is 32.2. The van der Waals surface area contributed by atoms with Crippen LogP contribution in [0.4, 0.5) is 17.6 Å². The number of nitrogens with one attached hydrogen (secondary N) is 1. The fraction of sp³-hybridized carbons (Fsp3) is 0.571. The van der Waals surface area contributed by atoms with Gasteiger partial charge in [-0.15, -0.1) is 0 Å². The summed E-state index contributed by atoms with van der Waals surface area (Å²) in [5.41, 5.74) is -1.17. The summed E-state index contributed by atoms with van der Waals surface area (Å²) in [6.45, 7) is 1.06. The molecule has 0 amide bonds. The zero-order valence-corrected chi connectivity index (χ0v) is 12.9. The third-order valence-corrected chi connectivity index (χ3v) is 6.42. The molecule has 2 saturated heterocycles. The second-order valence-electron chi connectivity index (χ2n) is 5.86. The molecule has 2 fully saturated rings. The number of hydrogen-bond acceptors (Lipinski definition) is 3. The third kappa shape index (κ3) is 2.97. The number of alkyl halides is 3. The minimum absolute atomic E-state index is 0.297. The molecule has 4 nitrogen and oxygen atoms in total. The maximum absolute atomic E-state index is 14.0. The van der Waals surface area contributed by atoms with E-state index in [4.69, 9.17) is 0 Å². The second kappa shape index (κ2) is 5.71. The van der Waals surface area contributed by atoms with Crippen LogP contribution in [-0.4, -0.2) is 37.9 Å². The van der Waals surface area contributed by atoms with Gasteiger partial charge in [0.15, 0.2) is 0 Å². The average molecular weight is 352 g/mol. The topological polar surface area (TPSA) is 49.4 Å². The minimum atomic E-state index is -4.72. The predicted octanol–water partition coefficient (Wildman–Crippen LogP) is 2.36. The van der Waals surface area contributed by atoms with Gasteiger partial charge in [0.05, 0.1) is 5.56 Å². The lowest BCUT2D eigenvalue weighted by Gasteiger charge is -2.27. The Kier molecular flexibility index (Phi) is 4.14. The third-order valence-electron chi connectivity index (χ3n) is 4.40. The molecule has 0 spiro atoms. The minimum Gasteiger partial charge on any atom is -0.315 e. The van der Waals surface area contributed by atoms with Crippen molar-refractivity contribution in [3.05, 3.63) is 29.6 Å². The monoisotopic (exact) mass is 352 g/mol. The van der Waals surface area contributed by atoms with E-state index in [0.717, 1.165) is 0 Å². The summed E-state index contributed by atoms with van der Waals surface area (Å²) in [4.78, 5) is -0.897. The zero-order valence-electron chi connectivity index (χ0n) is 12.1. The highest BCUT2D eigenvalue weighted by Crippen LogP contribution is 2.37. The number of halogens is 4. The molecule has 9 heteroatoms. The first-order valence-corrected chi connectivity index (χ1v) is 8.76. The van der Waals surface area contributed by atoms with Crippen LogP contribution in [-0.2, 0) is 16.2 Å². The summed E-state index contributed by atoms with van der Waals surface area (Å²) in [5.74, 6) is -1.16. The van der Waals surface area contributed by atoms with Crippen molar-refractivity contribution in [2.45, 2.75) is 42.4 Å². The summed E-state index contributed by atoms with van der Waals surface area (Å²) in [7, 11) is -4.32. The Balaban J connectivity index is 2.06. The molecule has 2 unspecified atom stereocenters. The second-order valence-corrected chi connectivity index (χ2v) is 7.67. The van der Waals surface area contributed by atoms with Crippen LogP contribution in [0.5, 0.6) is 0 Å². The lowest BCUT2D eigenvalue weighted by molar-refractivity contribution is -0.137. The smallest absolute Gasteiger partial charge is 0.315 e. The maximum atomic E-state index is 14.0. The highest BCUT2D eigenvalue weighted by Gasteiger charge is 2.44. The fourth-order valence-electron chi connectivity index (χ4n) is 3.32. The Morgan fingerprint density at radius 3 is 2.52 bits per heavy atom. The largest absolute Gasteiger partial charge is 0.416 e. The summed E-state index contributed by atoms with van der Waals surface area (Å²) in [5, 5.41) is 3.10. The van der Waals surface area contributed by atoms with E-state index in [9.17, 15) is 26.0 Å². The zero-order chi connectivity index (χ0) is 16.8. The van der Waals surface area contributed by atoms with E-state index in [1.807, 2.05) is 0 Å². The predicted molar refractivity (Wildman–Crippen MR) is 74.7 cm³/mol. The van der Waals surface area contributed by atoms with E-state index in [-0.39, 0.29) is 12.1 Å². The average Bonchev–Trinajstić information content (AvgIpc) is 2.71. The van der Waals surface area contributed by atoms with Crippen LogP contribution < -0.4 is 5.32 Å². The summed E-state index contributed by atoms with van der Waals surface area (Å²) >= 11 is 0. The van der Waals surface area contributed by atoms with Crippen LogP contribution in [0.1, 0.15) is 24.8 Å². The van der Waals surface area contributed by atoms with Crippen molar-refractivity contribution < 1.29 is 26.0 Å². The number of hydrogen-bond donors (Lipinski definition) is 1. The molecule has 1 N–H and O–H groups in total. The van der Waals surface area contributed by atoms with Gasteiger partial charge in [0.25, 0.3) is 0 Å². The van der Waals surface area contributed by atoms with E-state index >= 15 is 0 Å². The first-order chi connectivity index (χ1) is 10.7. The van der Waals surface area contributed by atoms with E-state index in [1.54, 1.807) is 0 Å². The molecular formula is C14H16F4N2O2S. The van der Waals surface area contributed by atoms with E-state index < -0.39 is 32.5 Å². The number of fused-ring (bicyclic) bond motifs is 2. The molecule has 0 radical (unpaired) electrons. The molecule has 1 aromatic rings. The molecule has 0 aromatic heterocycles. The summed E-state index contributed by atoms with van der Waals surface area (Å²) in [6, 6.07) is 0.860. The first-order valence-electron chi connectivity index (χ1n) is 7.32. The Bertz CT molecular complexity index is 691. The maximum Gasteiger partial charge on any atom is 0.416 e. The van der Waals surface area contributed by atoms with Crippen molar-refractivity contribution in [3.8, 4) is 0 Å². The Hall–Kier alpha value is -1.19. The van der Waals surface area contributed by atoms with E-state index in [1.165, 1.54) is 4.31 Å². The Labute approximate surface area is 131 Å². The highest BCUT2D eigenvalue weighted by molar-refractivity contribution is 7.89. The van der Waals surface area contributed by atoms with Crippen LogP contribution in [0.15, 0.2) is 23.1 Å². The lowest BCUT2D eigenvalue weighted by atomic mass is 10.1. The van der Waals surface area contributed by atoms with Crippen LogP contribution in [0.3, 0.4) is 0 Å². The SMILES string of the molecule is O=S(=O)(c1cc(C(F)(F)F)ccc1F)N1C2CCNCC1CC2. The molecule has 128 valence electrons. The number of nitrogens with zero attached hydrogens (tertiary/aromatic N) is 1. The van der Waals surface area contributed by atoms with Crippen LogP contribution in [0.25, 0.3) is 0 Å². The van der Waals surface area contributed by atoms with Gasteiger partial charge in [-0.25, -0.2) is 12.8 Å². The molecule has 1 aromatic carbocycles. The molecule has 2 atom stereocenters. The van der Waals surface area contributed by atoms with Crippen LogP contribution in [0.2, 0.25) is 0 Å². The Morgan fingerprint density at radius 2 is 1.83 bits per heavy atom. The normalized spacial score (nSPS) is 26.3. The van der Waals surface area contributed by atoms with Gasteiger partial charge >= 0.3 is 6.18 Å². The lowest BCUT2D eigenvalue weighted by Crippen LogP contribution is -2.42. The van der Waals surface area contributed by atoms with Gasteiger partial charge in [-0.3, -0.25) is 0 Å². The number of benzene rings is 1. The van der Waals surface area contributed by atoms with Gasteiger partial charge in [-0.1, -0.05) is 0 Å². The van der Waals surface area contributed by atoms with Crippen LogP contribution in [0, 0.1) is 5.82 Å². The number of rotatable bonds is 2. The van der Waals surface area contributed by atoms with Gasteiger partial charge < -0.3 is 5.32 Å². The van der Waals surface area contributed by atoms with E-state index in [2.05, 4.69) is 5.32 Å². The molecule has 2 bridgehead atoms. The van der Waals surface area contributed by atoms with Crippen molar-refractivity contribution in [3.63, 3.8) is 0 Å². The van der Waals surface area contributed by atoms with Gasteiger partial charge in [-0.05, 0) is 44.0 Å². The molecule has 0 aliphatic carbocycles. The van der Waals surface area contributed by atoms with Gasteiger partial charge in [-0.2, -0.15) is 17.5 Å². The fourth-order valence-corrected chi connectivity index (χ4v) is 5.32. The summed E-state index contributed by atoms with van der Waals surface area (Å²) in [6.07, 6.45) is -2.89. The molecular weight excluding hydrogens is 336 g/mol. The van der Waals surface area contributed by atoms with Gasteiger partial charge in [0.2, 0.25) is 10.0 Å². The standard InChI is InChI=1S/C14H16F4N2O2S/c15-12-4-1-9(14(16,17)18)7-13(12)23(21,22)20-10-2-3-11(20)8-19-6-5-10/h1,4,7,10-11,19H,2-3,5-6,8H2. The van der Waals surface area contributed by atoms with Crippen molar-refractivity contribution in [1.82, 2.24) is 9.62 Å². The molecule has 0 saturated carbocycles. The van der Waals surface area contributed by atoms with E-state index in [0.29, 0.717) is 50.6 Å². The number of sulfonamides is 1. The first kappa shape index (κ1) is 16.7. The Morgan fingerprint density at radius 1 is 1.13 bits per heavy atom. The molecule has 23 heavy (non-hydrogen) atoms. The van der Waals surface area contributed by atoms with Gasteiger partial charge in [0, 0.05) is 18.6 Å². The van der Waals surface area contributed by atoms with Gasteiger partial charge in [0.1, 0.15) is 10.7 Å². The summed E-state index contributed by atoms with van der Waals surface area (Å²) < 4.78 is 79.2. The molecule has 3 rings (SSSR count). The van der Waals surface area contributed by atoms with Crippen molar-refractivity contribution >= 4 is 10.0 Å². The molecule has 2 heterocycles. The molecule has 2 aliphatic rings.